The van der Waals surface area contributed by atoms with Gasteiger partial charge in [-0.05, 0) is 0 Å². The van der Waals surface area contributed by atoms with Gasteiger partial charge in [-0.1, -0.05) is 0 Å². The lowest BCUT2D eigenvalue weighted by Crippen LogP contribution is -2.22. The Morgan fingerprint density at radius 2 is 2.25 bits per heavy atom. The van der Waals surface area contributed by atoms with Gasteiger partial charge in [0, 0.05) is 0 Å². The number of carboxylic acid groups (broad SMARTS) is 1. The number of nitrogens with two attached hydrogens (primary N) is 1. The van der Waals surface area contributed by atoms with Crippen LogP contribution in [0.4, 0.5) is 11.9 Å². The van der Waals surface area contributed by atoms with Gasteiger partial charge in [0.15, 0.2) is 0 Å². The maximum absolute atomic E-state index is 10.5. The normalized spacial score (nSPS) is 9.33. The monoisotopic (exact) mass is 171 g/mol. The van der Waals surface area contributed by atoms with Gasteiger partial charge in [0.25, 0.3) is 5.95 Å². The number of carbonyl (C=O) groups excluding carboxylic acids is 1. The molecular formula is C4H5N5O3. The van der Waals surface area contributed by atoms with Gasteiger partial charge in [-0.3, -0.25) is 10.1 Å². The van der Waals surface area contributed by atoms with Crippen LogP contribution in [-0.2, 0) is 9.59 Å². The predicted octanol–water partition coefficient (Wildman–Crippen LogP) is -1.59. The number of carboxylic acids is 1. The molecule has 12 heavy (non-hydrogen) atoms. The smallest absolute Gasteiger partial charge is 0.394 e. The van der Waals surface area contributed by atoms with E-state index in [9.17, 15) is 9.59 Å². The van der Waals surface area contributed by atoms with Crippen molar-refractivity contribution in [2.45, 2.75) is 0 Å². The van der Waals surface area contributed by atoms with Crippen molar-refractivity contribution >= 4 is 23.8 Å². The fraction of sp³-hybridized carbons (Fsp3) is 0. The molecule has 64 valence electrons. The van der Waals surface area contributed by atoms with Crippen LogP contribution in [0.1, 0.15) is 0 Å². The van der Waals surface area contributed by atoms with E-state index in [1.165, 1.54) is 0 Å². The van der Waals surface area contributed by atoms with E-state index >= 15 is 0 Å². The quantitative estimate of drug-likeness (QED) is 0.376. The molecular weight excluding hydrogens is 166 g/mol. The highest BCUT2D eigenvalue weighted by atomic mass is 16.4. The van der Waals surface area contributed by atoms with E-state index in [-0.39, 0.29) is 11.9 Å². The summed E-state index contributed by atoms with van der Waals surface area (Å²) in [7, 11) is 0. The largest absolute Gasteiger partial charge is 0.474 e. The van der Waals surface area contributed by atoms with Gasteiger partial charge in [0.1, 0.15) is 0 Å². The Labute approximate surface area is 65.8 Å². The minimum atomic E-state index is -1.61. The van der Waals surface area contributed by atoms with Crippen LogP contribution < -0.4 is 11.1 Å². The first-order valence-electron chi connectivity index (χ1n) is 2.81. The summed E-state index contributed by atoms with van der Waals surface area (Å²) in [6.45, 7) is 0. The average Bonchev–Trinajstić information content (AvgIpc) is 2.35. The van der Waals surface area contributed by atoms with Gasteiger partial charge in [0.2, 0.25) is 5.95 Å². The zero-order valence-electron chi connectivity index (χ0n) is 5.74. The van der Waals surface area contributed by atoms with Crippen LogP contribution in [0.15, 0.2) is 0 Å². The average molecular weight is 171 g/mol. The number of aromatic amines is 1. The molecule has 0 saturated carbocycles. The van der Waals surface area contributed by atoms with E-state index in [4.69, 9.17) is 10.8 Å². The molecule has 0 aliphatic heterocycles. The van der Waals surface area contributed by atoms with Gasteiger partial charge >= 0.3 is 11.9 Å². The van der Waals surface area contributed by atoms with Crippen molar-refractivity contribution < 1.29 is 14.7 Å². The maximum Gasteiger partial charge on any atom is 0.394 e. The number of H-pyrrole nitrogens is 1. The lowest BCUT2D eigenvalue weighted by Gasteiger charge is -1.91. The number of nitrogen functional groups attached to an aromatic ring is 1. The summed E-state index contributed by atoms with van der Waals surface area (Å²) in [6, 6.07) is 0. The van der Waals surface area contributed by atoms with Crippen LogP contribution in [0, 0.1) is 0 Å². The van der Waals surface area contributed by atoms with Gasteiger partial charge in [-0.2, -0.15) is 4.98 Å². The van der Waals surface area contributed by atoms with Gasteiger partial charge < -0.3 is 10.8 Å². The molecule has 8 nitrogen and oxygen atoms in total. The molecule has 0 spiro atoms. The van der Waals surface area contributed by atoms with Crippen LogP contribution >= 0.6 is 0 Å². The second-order valence-electron chi connectivity index (χ2n) is 1.80. The number of nitrogens with zero attached hydrogens (tertiary/aromatic N) is 2. The molecule has 0 aromatic carbocycles. The van der Waals surface area contributed by atoms with E-state index in [1.807, 2.05) is 5.32 Å². The molecule has 1 heterocycles. The Hall–Kier alpha value is -2.12. The molecule has 8 heteroatoms. The van der Waals surface area contributed by atoms with Gasteiger partial charge in [0.05, 0.1) is 0 Å². The molecule has 1 aromatic heterocycles. The number of hydrogen-bond donors (Lipinski definition) is 4. The first kappa shape index (κ1) is 7.98. The maximum atomic E-state index is 10.5. The highest BCUT2D eigenvalue weighted by Crippen LogP contribution is 1.97. The van der Waals surface area contributed by atoms with E-state index in [2.05, 4.69) is 15.2 Å². The molecule has 0 aliphatic carbocycles. The lowest BCUT2D eigenvalue weighted by molar-refractivity contribution is -0.147. The van der Waals surface area contributed by atoms with Crippen LogP contribution in [0.3, 0.4) is 0 Å². The predicted molar refractivity (Wildman–Crippen MR) is 37.1 cm³/mol. The van der Waals surface area contributed by atoms with E-state index in [0.29, 0.717) is 0 Å². The van der Waals surface area contributed by atoms with Crippen LogP contribution in [0.5, 0.6) is 0 Å². The number of carbonyl (C=O) groups is 2. The summed E-state index contributed by atoms with van der Waals surface area (Å²) in [5, 5.41) is 15.6. The zero-order valence-corrected chi connectivity index (χ0v) is 5.74. The van der Waals surface area contributed by atoms with Crippen molar-refractivity contribution in [3.05, 3.63) is 0 Å². The number of rotatable bonds is 1. The van der Waals surface area contributed by atoms with Crippen LogP contribution in [-0.4, -0.2) is 32.2 Å². The third-order valence-corrected chi connectivity index (χ3v) is 0.922. The second kappa shape index (κ2) is 2.86. The molecule has 0 radical (unpaired) electrons. The molecule has 0 saturated heterocycles. The summed E-state index contributed by atoms with van der Waals surface area (Å²) >= 11 is 0. The molecule has 5 N–H and O–H groups in total. The molecule has 0 atom stereocenters. The Balaban J connectivity index is 2.64. The summed E-state index contributed by atoms with van der Waals surface area (Å²) in [6.07, 6.45) is 0. The van der Waals surface area contributed by atoms with E-state index < -0.39 is 11.9 Å². The molecule has 1 amide bonds. The minimum absolute atomic E-state index is 0.00399. The fourth-order valence-electron chi connectivity index (χ4n) is 0.485. The third-order valence-electron chi connectivity index (χ3n) is 0.922. The fourth-order valence-corrected chi connectivity index (χ4v) is 0.485. The number of amides is 1. The summed E-state index contributed by atoms with van der Waals surface area (Å²) in [5.74, 6) is -3.00. The second-order valence-corrected chi connectivity index (χ2v) is 1.80. The SMILES string of the molecule is Nc1nc(NC(=O)C(=O)O)n[nH]1. The molecule has 0 bridgehead atoms. The molecule has 0 unspecified atom stereocenters. The molecule has 1 aromatic rings. The molecule has 0 aliphatic rings. The minimum Gasteiger partial charge on any atom is -0.474 e. The number of aromatic nitrogens is 3. The highest BCUT2D eigenvalue weighted by Gasteiger charge is 2.13. The first-order valence-corrected chi connectivity index (χ1v) is 2.81. The van der Waals surface area contributed by atoms with Crippen LogP contribution in [0.2, 0.25) is 0 Å². The molecule has 1 rings (SSSR count). The van der Waals surface area contributed by atoms with Crippen molar-refractivity contribution in [1.82, 2.24) is 15.2 Å². The highest BCUT2D eigenvalue weighted by molar-refractivity contribution is 6.36. The van der Waals surface area contributed by atoms with Crippen molar-refractivity contribution in [2.75, 3.05) is 11.1 Å². The summed E-state index contributed by atoms with van der Waals surface area (Å²) in [4.78, 5) is 23.9. The summed E-state index contributed by atoms with van der Waals surface area (Å²) in [5.41, 5.74) is 5.10. The number of nitrogens with one attached hydrogen (secondary N) is 2. The summed E-state index contributed by atoms with van der Waals surface area (Å²) < 4.78 is 0. The van der Waals surface area contributed by atoms with Gasteiger partial charge in [-0.25, -0.2) is 9.89 Å². The van der Waals surface area contributed by atoms with Crippen molar-refractivity contribution in [3.63, 3.8) is 0 Å². The van der Waals surface area contributed by atoms with E-state index in [0.717, 1.165) is 0 Å². The van der Waals surface area contributed by atoms with Gasteiger partial charge in [-0.15, -0.1) is 5.10 Å². The number of anilines is 2. The number of aliphatic carboxylic acids is 1. The third kappa shape index (κ3) is 1.68. The lowest BCUT2D eigenvalue weighted by atomic mass is 10.6. The van der Waals surface area contributed by atoms with Crippen molar-refractivity contribution in [3.8, 4) is 0 Å². The molecule has 0 fully saturated rings. The Morgan fingerprint density at radius 3 is 2.67 bits per heavy atom. The Morgan fingerprint density at radius 1 is 1.58 bits per heavy atom. The topological polar surface area (TPSA) is 134 Å². The van der Waals surface area contributed by atoms with Crippen LogP contribution in [0.25, 0.3) is 0 Å². The van der Waals surface area contributed by atoms with E-state index in [1.54, 1.807) is 0 Å². The van der Waals surface area contributed by atoms with Crippen molar-refractivity contribution in [1.29, 1.82) is 0 Å². The Bertz CT molecular complexity index is 318. The first-order chi connectivity index (χ1) is 5.59. The standard InChI is InChI=1S/C4H5N5O3/c5-3-7-4(9-8-3)6-1(10)2(11)12/h(H,11,12)(H4,5,6,7,8,9,10). The number of hydrogen-bond acceptors (Lipinski definition) is 5. The Kier molecular flexibility index (Phi) is 1.90. The van der Waals surface area contributed by atoms with Crippen molar-refractivity contribution in [2.24, 2.45) is 0 Å². The zero-order chi connectivity index (χ0) is 9.14.